The highest BCUT2D eigenvalue weighted by molar-refractivity contribution is 7.92. The van der Waals surface area contributed by atoms with E-state index in [0.717, 1.165) is 5.56 Å². The molecular weight excluding hydrogens is 290 g/mol. The van der Waals surface area contributed by atoms with Gasteiger partial charge in [0.2, 0.25) is 0 Å². The second-order valence-corrected chi connectivity index (χ2v) is 5.90. The number of pyridine rings is 1. The highest BCUT2D eigenvalue weighted by Gasteiger charge is 2.15. The molecule has 1 aromatic carbocycles. The van der Waals surface area contributed by atoms with Crippen LogP contribution >= 0.6 is 0 Å². The lowest BCUT2D eigenvalue weighted by Crippen LogP contribution is -2.14. The van der Waals surface area contributed by atoms with Crippen LogP contribution in [-0.2, 0) is 16.6 Å². The predicted molar refractivity (Wildman–Crippen MR) is 80.5 cm³/mol. The van der Waals surface area contributed by atoms with Gasteiger partial charge in [-0.1, -0.05) is 6.07 Å². The third-order valence-electron chi connectivity index (χ3n) is 2.73. The van der Waals surface area contributed by atoms with E-state index < -0.39 is 10.0 Å². The van der Waals surface area contributed by atoms with Crippen molar-refractivity contribution in [2.24, 2.45) is 5.73 Å². The minimum atomic E-state index is -3.71. The normalized spacial score (nSPS) is 11.1. The van der Waals surface area contributed by atoms with Gasteiger partial charge >= 0.3 is 0 Å². The Morgan fingerprint density at radius 1 is 1.19 bits per heavy atom. The van der Waals surface area contributed by atoms with E-state index in [1.165, 1.54) is 12.3 Å². The molecule has 0 atom stereocenters. The molecule has 6 nitrogen and oxygen atoms in total. The van der Waals surface area contributed by atoms with Crippen LogP contribution in [-0.4, -0.2) is 20.0 Å². The van der Waals surface area contributed by atoms with E-state index in [2.05, 4.69) is 9.71 Å². The van der Waals surface area contributed by atoms with Gasteiger partial charge in [-0.2, -0.15) is 8.42 Å². The fourth-order valence-corrected chi connectivity index (χ4v) is 2.67. The average Bonchev–Trinajstić information content (AvgIpc) is 2.49. The topological polar surface area (TPSA) is 94.3 Å². The summed E-state index contributed by atoms with van der Waals surface area (Å²) >= 11 is 0. The van der Waals surface area contributed by atoms with E-state index >= 15 is 0 Å². The van der Waals surface area contributed by atoms with Crippen molar-refractivity contribution in [3.8, 4) is 5.75 Å². The van der Waals surface area contributed by atoms with E-state index in [1.807, 2.05) is 6.92 Å². The Morgan fingerprint density at radius 3 is 2.43 bits per heavy atom. The molecule has 2 aromatic rings. The number of nitrogens with two attached hydrogens (primary N) is 1. The Hall–Kier alpha value is -2.12. The maximum Gasteiger partial charge on any atom is 0.279 e. The summed E-state index contributed by atoms with van der Waals surface area (Å²) in [5.41, 5.74) is 6.67. The van der Waals surface area contributed by atoms with Gasteiger partial charge in [-0.3, -0.25) is 4.72 Å². The van der Waals surface area contributed by atoms with Crippen LogP contribution in [0.15, 0.2) is 47.6 Å². The molecule has 2 rings (SSSR count). The predicted octanol–water partition coefficient (Wildman–Crippen LogP) is 1.74. The first kappa shape index (κ1) is 15.3. The second-order valence-electron chi connectivity index (χ2n) is 4.27. The lowest BCUT2D eigenvalue weighted by atomic mass is 10.3. The Balaban J connectivity index is 2.16. The first-order chi connectivity index (χ1) is 10.0. The summed E-state index contributed by atoms with van der Waals surface area (Å²) in [7, 11) is -3.71. The number of benzene rings is 1. The van der Waals surface area contributed by atoms with Crippen molar-refractivity contribution in [3.05, 3.63) is 48.2 Å². The summed E-state index contributed by atoms with van der Waals surface area (Å²) in [6.07, 6.45) is 1.45. The van der Waals surface area contributed by atoms with Crippen molar-refractivity contribution in [2.45, 2.75) is 18.5 Å². The molecule has 1 heterocycles. The van der Waals surface area contributed by atoms with Crippen LogP contribution in [0.25, 0.3) is 0 Å². The Bertz CT molecular complexity index is 682. The van der Waals surface area contributed by atoms with E-state index in [9.17, 15) is 8.42 Å². The Labute approximate surface area is 124 Å². The molecule has 0 spiro atoms. The van der Waals surface area contributed by atoms with Gasteiger partial charge in [0.25, 0.3) is 10.0 Å². The Morgan fingerprint density at radius 2 is 1.90 bits per heavy atom. The minimum absolute atomic E-state index is 0.0476. The molecule has 0 amide bonds. The van der Waals surface area contributed by atoms with Crippen LogP contribution in [0.4, 0.5) is 5.69 Å². The average molecular weight is 307 g/mol. The van der Waals surface area contributed by atoms with Crippen LogP contribution in [0, 0.1) is 0 Å². The lowest BCUT2D eigenvalue weighted by molar-refractivity contribution is 0.340. The number of anilines is 1. The van der Waals surface area contributed by atoms with Crippen molar-refractivity contribution < 1.29 is 13.2 Å². The summed E-state index contributed by atoms with van der Waals surface area (Å²) in [4.78, 5) is 3.91. The molecule has 0 bridgehead atoms. The number of hydrogen-bond donors (Lipinski definition) is 2. The molecule has 112 valence electrons. The minimum Gasteiger partial charge on any atom is -0.494 e. The molecule has 0 aliphatic heterocycles. The summed E-state index contributed by atoms with van der Waals surface area (Å²) in [5, 5.41) is -0.0476. The smallest absolute Gasteiger partial charge is 0.279 e. The third-order valence-corrected chi connectivity index (χ3v) is 4.02. The van der Waals surface area contributed by atoms with E-state index in [-0.39, 0.29) is 5.03 Å². The fourth-order valence-electron chi connectivity index (χ4n) is 1.68. The van der Waals surface area contributed by atoms with Crippen molar-refractivity contribution in [1.82, 2.24) is 4.98 Å². The summed E-state index contributed by atoms with van der Waals surface area (Å²) in [5.74, 6) is 0.686. The maximum atomic E-state index is 12.2. The number of nitrogens with one attached hydrogen (secondary N) is 1. The van der Waals surface area contributed by atoms with Crippen LogP contribution in [0.1, 0.15) is 12.5 Å². The van der Waals surface area contributed by atoms with Crippen molar-refractivity contribution >= 4 is 15.7 Å². The quantitative estimate of drug-likeness (QED) is 0.847. The molecule has 0 fully saturated rings. The van der Waals surface area contributed by atoms with Gasteiger partial charge in [0, 0.05) is 18.4 Å². The van der Waals surface area contributed by atoms with Crippen LogP contribution in [0.3, 0.4) is 0 Å². The van der Waals surface area contributed by atoms with Gasteiger partial charge in [-0.05, 0) is 42.8 Å². The first-order valence-corrected chi connectivity index (χ1v) is 7.94. The molecule has 7 heteroatoms. The van der Waals surface area contributed by atoms with E-state index in [1.54, 1.807) is 30.3 Å². The van der Waals surface area contributed by atoms with Crippen LogP contribution in [0.5, 0.6) is 5.75 Å². The zero-order chi connectivity index (χ0) is 15.3. The van der Waals surface area contributed by atoms with Gasteiger partial charge in [0.05, 0.1) is 6.61 Å². The third kappa shape index (κ3) is 3.93. The number of aromatic nitrogens is 1. The molecule has 3 N–H and O–H groups in total. The summed E-state index contributed by atoms with van der Waals surface area (Å²) < 4.78 is 32.1. The number of ether oxygens (including phenoxy) is 1. The molecule has 0 aliphatic carbocycles. The monoisotopic (exact) mass is 307 g/mol. The number of hydrogen-bond acceptors (Lipinski definition) is 5. The standard InChI is InChI=1S/C14H17N3O3S/c1-2-20-13-6-4-12(5-7-13)17-21(18,19)14-8-3-11(9-15)10-16-14/h3-8,10,17H,2,9,15H2,1H3. The largest absolute Gasteiger partial charge is 0.494 e. The van der Waals surface area contributed by atoms with Crippen molar-refractivity contribution in [3.63, 3.8) is 0 Å². The molecular formula is C14H17N3O3S. The van der Waals surface area contributed by atoms with Gasteiger partial charge in [0.15, 0.2) is 5.03 Å². The van der Waals surface area contributed by atoms with Crippen LogP contribution < -0.4 is 15.2 Å². The van der Waals surface area contributed by atoms with Crippen molar-refractivity contribution in [1.29, 1.82) is 0 Å². The van der Waals surface area contributed by atoms with Gasteiger partial charge in [-0.25, -0.2) is 4.98 Å². The summed E-state index contributed by atoms with van der Waals surface area (Å²) in [6.45, 7) is 2.76. The van der Waals surface area contributed by atoms with E-state index in [4.69, 9.17) is 10.5 Å². The molecule has 0 radical (unpaired) electrons. The molecule has 21 heavy (non-hydrogen) atoms. The van der Waals surface area contributed by atoms with Gasteiger partial charge in [0.1, 0.15) is 5.75 Å². The Kier molecular flexibility index (Phi) is 4.77. The number of rotatable bonds is 6. The molecule has 1 aromatic heterocycles. The number of nitrogens with zero attached hydrogens (tertiary/aromatic N) is 1. The highest BCUT2D eigenvalue weighted by atomic mass is 32.2. The van der Waals surface area contributed by atoms with Gasteiger partial charge in [-0.15, -0.1) is 0 Å². The SMILES string of the molecule is CCOc1ccc(NS(=O)(=O)c2ccc(CN)cn2)cc1. The van der Waals surface area contributed by atoms with E-state index in [0.29, 0.717) is 24.6 Å². The second kappa shape index (κ2) is 6.55. The van der Waals surface area contributed by atoms with Crippen LogP contribution in [0.2, 0.25) is 0 Å². The zero-order valence-electron chi connectivity index (χ0n) is 11.6. The molecule has 0 aliphatic rings. The molecule has 0 saturated carbocycles. The number of sulfonamides is 1. The van der Waals surface area contributed by atoms with Gasteiger partial charge < -0.3 is 10.5 Å². The maximum absolute atomic E-state index is 12.2. The highest BCUT2D eigenvalue weighted by Crippen LogP contribution is 2.18. The zero-order valence-corrected chi connectivity index (χ0v) is 12.4. The fraction of sp³-hybridized carbons (Fsp3) is 0.214. The molecule has 0 saturated heterocycles. The van der Waals surface area contributed by atoms with Crippen molar-refractivity contribution in [2.75, 3.05) is 11.3 Å². The lowest BCUT2D eigenvalue weighted by Gasteiger charge is -2.09. The summed E-state index contributed by atoms with van der Waals surface area (Å²) in [6, 6.07) is 9.74. The molecule has 0 unspecified atom stereocenters. The first-order valence-electron chi connectivity index (χ1n) is 6.46.